The Morgan fingerprint density at radius 2 is 1.88 bits per heavy atom. The van der Waals surface area contributed by atoms with Gasteiger partial charge in [-0.1, -0.05) is 23.2 Å². The number of halogens is 7. The third-order valence-electron chi connectivity index (χ3n) is 3.01. The third kappa shape index (κ3) is 5.04. The summed E-state index contributed by atoms with van der Waals surface area (Å²) in [6, 6.07) is 0.186. The molecule has 0 saturated heterocycles. The van der Waals surface area contributed by atoms with Gasteiger partial charge in [-0.05, 0) is 13.0 Å². The molecule has 0 saturated carbocycles. The van der Waals surface area contributed by atoms with E-state index < -0.39 is 29.9 Å². The van der Waals surface area contributed by atoms with Crippen LogP contribution in [0.4, 0.5) is 27.8 Å². The molecule has 2 heterocycles. The van der Waals surface area contributed by atoms with E-state index in [-0.39, 0.29) is 28.3 Å². The SMILES string of the molecule is CC(COc1ncc(C(F)(F)F)cc1Cl)Nc1ncnc(C(F)F)c1Cl. The average Bonchev–Trinajstić information content (AvgIpc) is 2.54. The van der Waals surface area contributed by atoms with Crippen LogP contribution in [0.2, 0.25) is 10.0 Å². The Balaban J connectivity index is 2.02. The van der Waals surface area contributed by atoms with Crippen molar-refractivity contribution in [1.29, 1.82) is 0 Å². The third-order valence-corrected chi connectivity index (χ3v) is 3.65. The Morgan fingerprint density at radius 3 is 2.46 bits per heavy atom. The summed E-state index contributed by atoms with van der Waals surface area (Å²) in [4.78, 5) is 10.7. The summed E-state index contributed by atoms with van der Waals surface area (Å²) in [5.74, 6) is -0.227. The van der Waals surface area contributed by atoms with E-state index in [0.717, 1.165) is 6.33 Å². The molecule has 2 aromatic rings. The van der Waals surface area contributed by atoms with Crippen molar-refractivity contribution in [2.24, 2.45) is 0 Å². The number of anilines is 1. The molecule has 0 aliphatic carbocycles. The molecule has 1 unspecified atom stereocenters. The van der Waals surface area contributed by atoms with Gasteiger partial charge in [0.15, 0.2) is 0 Å². The zero-order chi connectivity index (χ0) is 19.5. The highest BCUT2D eigenvalue weighted by atomic mass is 35.5. The summed E-state index contributed by atoms with van der Waals surface area (Å²) >= 11 is 11.5. The van der Waals surface area contributed by atoms with Crippen molar-refractivity contribution >= 4 is 29.0 Å². The first-order valence-corrected chi connectivity index (χ1v) is 7.75. The van der Waals surface area contributed by atoms with Crippen molar-refractivity contribution < 1.29 is 26.7 Å². The molecule has 0 aliphatic rings. The summed E-state index contributed by atoms with van der Waals surface area (Å²) in [6.45, 7) is 1.51. The Morgan fingerprint density at radius 1 is 1.19 bits per heavy atom. The molecule has 142 valence electrons. The van der Waals surface area contributed by atoms with Crippen molar-refractivity contribution in [2.75, 3.05) is 11.9 Å². The van der Waals surface area contributed by atoms with Crippen molar-refractivity contribution in [3.63, 3.8) is 0 Å². The first-order chi connectivity index (χ1) is 12.1. The predicted octanol–water partition coefficient (Wildman–Crippen LogP) is 5.01. The summed E-state index contributed by atoms with van der Waals surface area (Å²) < 4.78 is 68.4. The van der Waals surface area contributed by atoms with Gasteiger partial charge >= 0.3 is 6.18 Å². The van der Waals surface area contributed by atoms with Gasteiger partial charge in [-0.3, -0.25) is 0 Å². The van der Waals surface area contributed by atoms with Gasteiger partial charge < -0.3 is 10.1 Å². The zero-order valence-corrected chi connectivity index (χ0v) is 14.5. The number of nitrogens with zero attached hydrogens (tertiary/aromatic N) is 3. The lowest BCUT2D eigenvalue weighted by atomic mass is 10.3. The number of ether oxygens (including phenoxy) is 1. The average molecular weight is 417 g/mol. The first kappa shape index (κ1) is 20.4. The monoisotopic (exact) mass is 416 g/mol. The fourth-order valence-corrected chi connectivity index (χ4v) is 2.26. The fourth-order valence-electron chi connectivity index (χ4n) is 1.80. The second kappa shape index (κ2) is 8.17. The van der Waals surface area contributed by atoms with Gasteiger partial charge in [-0.2, -0.15) is 13.2 Å². The molecule has 0 amide bonds. The van der Waals surface area contributed by atoms with E-state index in [0.29, 0.717) is 12.3 Å². The number of alkyl halides is 5. The van der Waals surface area contributed by atoms with Crippen molar-refractivity contribution in [3.05, 3.63) is 39.9 Å². The second-order valence-electron chi connectivity index (χ2n) is 5.09. The largest absolute Gasteiger partial charge is 0.474 e. The van der Waals surface area contributed by atoms with E-state index in [1.165, 1.54) is 0 Å². The minimum absolute atomic E-state index is 0.0282. The Kier molecular flexibility index (Phi) is 6.40. The first-order valence-electron chi connectivity index (χ1n) is 7.00. The number of hydrogen-bond acceptors (Lipinski definition) is 5. The van der Waals surface area contributed by atoms with Crippen LogP contribution in [0, 0.1) is 0 Å². The van der Waals surface area contributed by atoms with E-state index in [9.17, 15) is 22.0 Å². The van der Waals surface area contributed by atoms with E-state index >= 15 is 0 Å². The minimum atomic E-state index is -4.57. The molecular weight excluding hydrogens is 406 g/mol. The molecule has 2 rings (SSSR count). The molecular formula is C14H11Cl2F5N4O. The van der Waals surface area contributed by atoms with Crippen molar-refractivity contribution in [2.45, 2.75) is 25.6 Å². The van der Waals surface area contributed by atoms with Crippen LogP contribution in [-0.2, 0) is 6.18 Å². The standard InChI is InChI=1S/C14H11Cl2F5N4O/c1-6(25-12-9(16)10(11(17)18)23-5-24-12)4-26-13-8(15)2-7(3-22-13)14(19,20)21/h2-3,5-6,11H,4H2,1H3,(H,23,24,25). The lowest BCUT2D eigenvalue weighted by Crippen LogP contribution is -2.25. The van der Waals surface area contributed by atoms with Crippen LogP contribution < -0.4 is 10.1 Å². The Labute approximate surface area is 154 Å². The molecule has 0 bridgehead atoms. The highest BCUT2D eigenvalue weighted by molar-refractivity contribution is 6.33. The highest BCUT2D eigenvalue weighted by Gasteiger charge is 2.31. The minimum Gasteiger partial charge on any atom is -0.474 e. The molecule has 12 heteroatoms. The number of nitrogens with one attached hydrogen (secondary N) is 1. The lowest BCUT2D eigenvalue weighted by Gasteiger charge is -2.17. The molecule has 0 spiro atoms. The topological polar surface area (TPSA) is 59.9 Å². The summed E-state index contributed by atoms with van der Waals surface area (Å²) in [5.41, 5.74) is -1.63. The predicted molar refractivity (Wildman–Crippen MR) is 84.8 cm³/mol. The van der Waals surface area contributed by atoms with E-state index in [1.54, 1.807) is 6.92 Å². The number of aromatic nitrogens is 3. The smallest absolute Gasteiger partial charge is 0.417 e. The van der Waals surface area contributed by atoms with Gasteiger partial charge in [0, 0.05) is 6.20 Å². The molecule has 0 fully saturated rings. The summed E-state index contributed by atoms with van der Waals surface area (Å²) in [5, 5.41) is 2.09. The molecule has 1 N–H and O–H groups in total. The number of hydrogen-bond donors (Lipinski definition) is 1. The zero-order valence-electron chi connectivity index (χ0n) is 13.0. The van der Waals surface area contributed by atoms with Crippen LogP contribution >= 0.6 is 23.2 Å². The van der Waals surface area contributed by atoms with E-state index in [4.69, 9.17) is 27.9 Å². The van der Waals surface area contributed by atoms with Gasteiger partial charge in [0.1, 0.15) is 34.5 Å². The van der Waals surface area contributed by atoms with E-state index in [1.807, 2.05) is 0 Å². The molecule has 1 atom stereocenters. The van der Waals surface area contributed by atoms with Crippen molar-refractivity contribution in [1.82, 2.24) is 15.0 Å². The lowest BCUT2D eigenvalue weighted by molar-refractivity contribution is -0.137. The molecule has 0 aliphatic heterocycles. The van der Waals surface area contributed by atoms with Crippen LogP contribution in [0.25, 0.3) is 0 Å². The van der Waals surface area contributed by atoms with Crippen LogP contribution in [0.5, 0.6) is 5.88 Å². The second-order valence-corrected chi connectivity index (χ2v) is 5.87. The van der Waals surface area contributed by atoms with Gasteiger partial charge in [-0.25, -0.2) is 23.7 Å². The Bertz CT molecular complexity index is 775. The van der Waals surface area contributed by atoms with Crippen LogP contribution in [0.15, 0.2) is 18.6 Å². The maximum absolute atomic E-state index is 12.7. The summed E-state index contributed by atoms with van der Waals surface area (Å²) in [6.07, 6.45) is -5.92. The van der Waals surface area contributed by atoms with Gasteiger partial charge in [-0.15, -0.1) is 0 Å². The quantitative estimate of drug-likeness (QED) is 0.670. The van der Waals surface area contributed by atoms with Gasteiger partial charge in [0.2, 0.25) is 5.88 Å². The summed E-state index contributed by atoms with van der Waals surface area (Å²) in [7, 11) is 0. The van der Waals surface area contributed by atoms with Crippen LogP contribution in [0.3, 0.4) is 0 Å². The van der Waals surface area contributed by atoms with Gasteiger partial charge in [0.25, 0.3) is 6.43 Å². The molecule has 26 heavy (non-hydrogen) atoms. The van der Waals surface area contributed by atoms with Crippen LogP contribution in [0.1, 0.15) is 24.6 Å². The normalized spacial score (nSPS) is 13.0. The highest BCUT2D eigenvalue weighted by Crippen LogP contribution is 2.33. The van der Waals surface area contributed by atoms with E-state index in [2.05, 4.69) is 20.3 Å². The van der Waals surface area contributed by atoms with Gasteiger partial charge in [0.05, 0.1) is 11.6 Å². The maximum atomic E-state index is 12.7. The molecule has 0 aromatic carbocycles. The molecule has 5 nitrogen and oxygen atoms in total. The maximum Gasteiger partial charge on any atom is 0.417 e. The molecule has 2 aromatic heterocycles. The van der Waals surface area contributed by atoms with Crippen LogP contribution in [-0.4, -0.2) is 27.6 Å². The number of pyridine rings is 1. The molecule has 0 radical (unpaired) electrons. The number of rotatable bonds is 6. The fraction of sp³-hybridized carbons (Fsp3) is 0.357. The Hall–Kier alpha value is -1.94. The van der Waals surface area contributed by atoms with Crippen molar-refractivity contribution in [3.8, 4) is 5.88 Å².